The fraction of sp³-hybridized carbons (Fsp3) is 0.814. The molecule has 1 spiro atoms. The minimum Gasteiger partial charge on any atom is -0.458 e. The van der Waals surface area contributed by atoms with Crippen molar-refractivity contribution in [2.24, 2.45) is 50.2 Å². The molecule has 17 unspecified atom stereocenters. The van der Waals surface area contributed by atoms with Crippen LogP contribution >= 0.6 is 0 Å². The molecule has 1 aromatic carbocycles. The van der Waals surface area contributed by atoms with E-state index < -0.39 is 59.2 Å². The number of hydrogen-bond acceptors (Lipinski definition) is 11. The summed E-state index contributed by atoms with van der Waals surface area (Å²) < 4.78 is 25.6. The molecule has 300 valence electrons. The van der Waals surface area contributed by atoms with E-state index in [0.717, 1.165) is 38.4 Å². The van der Waals surface area contributed by atoms with Crippen molar-refractivity contribution in [3.8, 4) is 0 Å². The lowest BCUT2D eigenvalue weighted by Gasteiger charge is -2.73. The second-order valence-electron chi connectivity index (χ2n) is 20.3. The van der Waals surface area contributed by atoms with Crippen molar-refractivity contribution >= 4 is 17.9 Å². The third kappa shape index (κ3) is 4.97. The van der Waals surface area contributed by atoms with Gasteiger partial charge >= 0.3 is 5.97 Å². The number of hydrogen-bond donors (Lipinski definition) is 5. The van der Waals surface area contributed by atoms with Gasteiger partial charge in [0.25, 0.3) is 0 Å². The number of rotatable bonds is 6. The number of ether oxygens (including phenoxy) is 4. The van der Waals surface area contributed by atoms with E-state index in [-0.39, 0.29) is 46.4 Å². The van der Waals surface area contributed by atoms with Gasteiger partial charge in [0.05, 0.1) is 35.9 Å². The Balaban J connectivity index is 1.07. The van der Waals surface area contributed by atoms with Crippen LogP contribution in [0.25, 0.3) is 0 Å². The van der Waals surface area contributed by atoms with Gasteiger partial charge in [-0.05, 0) is 98.5 Å². The third-order valence-corrected chi connectivity index (χ3v) is 17.7. The quantitative estimate of drug-likeness (QED) is 0.116. The van der Waals surface area contributed by atoms with Crippen LogP contribution in [0.1, 0.15) is 110 Å². The molecule has 5 saturated carbocycles. The largest absolute Gasteiger partial charge is 0.458 e. The Morgan fingerprint density at radius 1 is 0.870 bits per heavy atom. The molecule has 2 aliphatic heterocycles. The predicted molar refractivity (Wildman–Crippen MR) is 199 cm³/mol. The molecule has 0 bridgehead atoms. The lowest BCUT2D eigenvalue weighted by molar-refractivity contribution is -0.312. The Labute approximate surface area is 319 Å². The molecule has 0 aromatic heterocycles. The number of esters is 1. The zero-order chi connectivity index (χ0) is 39.0. The Kier molecular flexibility index (Phi) is 8.92. The van der Waals surface area contributed by atoms with E-state index in [0.29, 0.717) is 42.3 Å². The highest BCUT2D eigenvalue weighted by Gasteiger charge is 2.86. The van der Waals surface area contributed by atoms with E-state index in [2.05, 4.69) is 46.9 Å². The molecular formula is C43H63NO10. The first-order chi connectivity index (χ1) is 25.3. The highest BCUT2D eigenvalue weighted by atomic mass is 16.7. The second-order valence-corrected chi connectivity index (χ2v) is 20.3. The molecule has 54 heavy (non-hydrogen) atoms. The van der Waals surface area contributed by atoms with Gasteiger partial charge in [-0.15, -0.1) is 0 Å². The van der Waals surface area contributed by atoms with Crippen LogP contribution in [-0.2, 0) is 23.7 Å². The van der Waals surface area contributed by atoms with E-state index in [1.165, 1.54) is 0 Å². The number of aliphatic hydroxyl groups is 4. The maximum Gasteiger partial charge on any atom is 0.340 e. The number of nitrogens with one attached hydrogen (secondary N) is 1. The van der Waals surface area contributed by atoms with Gasteiger partial charge in [-0.3, -0.25) is 0 Å². The van der Waals surface area contributed by atoms with Gasteiger partial charge in [0.2, 0.25) is 0 Å². The molecule has 0 amide bonds. The number of benzene rings is 1. The van der Waals surface area contributed by atoms with Crippen LogP contribution in [0.5, 0.6) is 0 Å². The number of para-hydroxylation sites is 1. The highest BCUT2D eigenvalue weighted by Crippen LogP contribution is 2.83. The summed E-state index contributed by atoms with van der Waals surface area (Å²) in [6.45, 7) is 15.8. The van der Waals surface area contributed by atoms with Crippen LogP contribution in [0.15, 0.2) is 24.3 Å². The van der Waals surface area contributed by atoms with E-state index in [4.69, 9.17) is 18.9 Å². The molecule has 2 saturated heterocycles. The maximum absolute atomic E-state index is 13.6. The lowest BCUT2D eigenvalue weighted by Crippen LogP contribution is -2.73. The molecule has 11 heteroatoms. The zero-order valence-corrected chi connectivity index (χ0v) is 33.3. The first kappa shape index (κ1) is 38.7. The van der Waals surface area contributed by atoms with Crippen molar-refractivity contribution < 1.29 is 49.0 Å². The summed E-state index contributed by atoms with van der Waals surface area (Å²) in [7, 11) is 1.76. The fourth-order valence-corrected chi connectivity index (χ4v) is 14.3. The van der Waals surface area contributed by atoms with E-state index in [1.807, 2.05) is 19.1 Å². The van der Waals surface area contributed by atoms with Crippen molar-refractivity contribution in [2.45, 2.75) is 154 Å². The standard InChI is InChI=1S/C43H63NO10/c1-37(2)26-13-16-41(6)27(39(26,4)15-14-30(37)53-36-34(49)33(48)25(46)21-51-36)17-31-43(54-31)28-18-38(3,22-45)32(20-40(28,5)29(47)19-42(41,43)7)52-35(50)23-11-9-10-12-24(23)44-8/h9-12,22,25-34,36,44,46-49H,13-21H2,1-8H3. The smallest absolute Gasteiger partial charge is 0.340 e. The highest BCUT2D eigenvalue weighted by molar-refractivity contribution is 5.95. The monoisotopic (exact) mass is 753 g/mol. The molecule has 7 fully saturated rings. The molecular weight excluding hydrogens is 690 g/mol. The molecule has 8 rings (SSSR count). The van der Waals surface area contributed by atoms with Gasteiger partial charge in [0.1, 0.15) is 36.3 Å². The van der Waals surface area contributed by atoms with Crippen molar-refractivity contribution in [1.82, 2.24) is 0 Å². The molecule has 7 aliphatic rings. The number of fused-ring (bicyclic) bond motifs is 5. The third-order valence-electron chi connectivity index (χ3n) is 17.7. The summed E-state index contributed by atoms with van der Waals surface area (Å²) in [4.78, 5) is 26.8. The van der Waals surface area contributed by atoms with Crippen LogP contribution in [0.3, 0.4) is 0 Å². The van der Waals surface area contributed by atoms with Crippen molar-refractivity contribution in [3.05, 3.63) is 29.8 Å². The molecule has 17 atom stereocenters. The van der Waals surface area contributed by atoms with E-state index in [9.17, 15) is 30.0 Å². The van der Waals surface area contributed by atoms with Crippen LogP contribution in [0, 0.1) is 50.2 Å². The lowest BCUT2D eigenvalue weighted by atomic mass is 9.31. The zero-order valence-electron chi connectivity index (χ0n) is 33.3. The van der Waals surface area contributed by atoms with Gasteiger partial charge in [-0.2, -0.15) is 0 Å². The summed E-state index contributed by atoms with van der Waals surface area (Å²) >= 11 is 0. The average molecular weight is 754 g/mol. The van der Waals surface area contributed by atoms with Crippen molar-refractivity contribution in [2.75, 3.05) is 19.0 Å². The minimum absolute atomic E-state index is 0.00118. The number of carbonyl (C=O) groups excluding carboxylic acids is 2. The second kappa shape index (κ2) is 12.4. The number of epoxide rings is 1. The van der Waals surface area contributed by atoms with Gasteiger partial charge in [-0.1, -0.05) is 53.7 Å². The van der Waals surface area contributed by atoms with Gasteiger partial charge < -0.3 is 49.5 Å². The predicted octanol–water partition coefficient (Wildman–Crippen LogP) is 4.87. The normalized spacial score (nSPS) is 53.0. The van der Waals surface area contributed by atoms with Crippen molar-refractivity contribution in [3.63, 3.8) is 0 Å². The van der Waals surface area contributed by atoms with Crippen LogP contribution in [0.2, 0.25) is 0 Å². The number of aldehydes is 1. The molecule has 2 heterocycles. The number of anilines is 1. The first-order valence-electron chi connectivity index (χ1n) is 20.4. The van der Waals surface area contributed by atoms with Gasteiger partial charge in [-0.25, -0.2) is 4.79 Å². The topological polar surface area (TPSA) is 167 Å². The summed E-state index contributed by atoms with van der Waals surface area (Å²) in [5.74, 6) is 0.0526. The Hall–Kier alpha value is -2.12. The van der Waals surface area contributed by atoms with Crippen LogP contribution < -0.4 is 5.32 Å². The van der Waals surface area contributed by atoms with E-state index >= 15 is 0 Å². The molecule has 0 radical (unpaired) electrons. The first-order valence-corrected chi connectivity index (χ1v) is 20.4. The Morgan fingerprint density at radius 3 is 2.30 bits per heavy atom. The molecule has 5 N–H and O–H groups in total. The Bertz CT molecular complexity index is 1670. The fourth-order valence-electron chi connectivity index (χ4n) is 14.3. The summed E-state index contributed by atoms with van der Waals surface area (Å²) in [5.41, 5.74) is -1.83. The summed E-state index contributed by atoms with van der Waals surface area (Å²) in [5, 5.41) is 46.6. The maximum atomic E-state index is 13.6. The van der Waals surface area contributed by atoms with Crippen LogP contribution in [-0.4, -0.2) is 101 Å². The Morgan fingerprint density at radius 2 is 1.59 bits per heavy atom. The molecule has 5 aliphatic carbocycles. The minimum atomic E-state index is -1.33. The number of carbonyl (C=O) groups is 2. The van der Waals surface area contributed by atoms with Gasteiger partial charge in [0, 0.05) is 29.5 Å². The van der Waals surface area contributed by atoms with Crippen LogP contribution in [0.4, 0.5) is 5.69 Å². The van der Waals surface area contributed by atoms with Gasteiger partial charge in [0.15, 0.2) is 6.29 Å². The van der Waals surface area contributed by atoms with Crippen molar-refractivity contribution in [1.29, 1.82) is 0 Å². The molecule has 11 nitrogen and oxygen atoms in total. The SMILES string of the molecule is CNc1ccccc1C(=O)OC1CC2(C)C(O)CC3(C)C4(C)CCC5C(C)(C)C(OC6OCC(O)C(O)C6O)CCC5(C)C4CC4OC43C2CC1(C)C=O. The summed E-state index contributed by atoms with van der Waals surface area (Å²) in [6.07, 6.45) is 0.555. The van der Waals surface area contributed by atoms with E-state index in [1.54, 1.807) is 19.2 Å². The summed E-state index contributed by atoms with van der Waals surface area (Å²) in [6, 6.07) is 7.20. The molecule has 1 aromatic rings. The average Bonchev–Trinajstić information content (AvgIpc) is 3.87. The number of aliphatic hydroxyl groups excluding tert-OH is 4.